The smallest absolute Gasteiger partial charge is 0.148 e. The maximum Gasteiger partial charge on any atom is 0.148 e. The maximum atomic E-state index is 14.4. The summed E-state index contributed by atoms with van der Waals surface area (Å²) in [6.07, 6.45) is 3.53. The van der Waals surface area contributed by atoms with Gasteiger partial charge in [0.05, 0.1) is 30.8 Å². The molecule has 0 aliphatic carbocycles. The number of aromatic nitrogens is 2. The highest BCUT2D eigenvalue weighted by Crippen LogP contribution is 2.42. The first-order chi connectivity index (χ1) is 27.8. The van der Waals surface area contributed by atoms with E-state index in [1.165, 1.54) is 37.7 Å². The molecule has 0 spiro atoms. The van der Waals surface area contributed by atoms with Gasteiger partial charge in [0.15, 0.2) is 0 Å². The summed E-state index contributed by atoms with van der Waals surface area (Å²) in [7, 11) is 0. The Kier molecular flexibility index (Phi) is 11.3. The second-order valence-corrected chi connectivity index (χ2v) is 15.9. The lowest BCUT2D eigenvalue weighted by atomic mass is 10.0. The molecular formula is C46H29Cl3F2N4S2. The number of benzene rings is 6. The van der Waals surface area contributed by atoms with Crippen molar-refractivity contribution in [2.45, 2.75) is 0 Å². The van der Waals surface area contributed by atoms with Crippen LogP contribution in [0.2, 0.25) is 15.2 Å². The highest BCUT2D eigenvalue weighted by Gasteiger charge is 2.16. The van der Waals surface area contributed by atoms with Crippen LogP contribution in [0.1, 0.15) is 0 Å². The molecule has 280 valence electrons. The fourth-order valence-electron chi connectivity index (χ4n) is 6.49. The van der Waals surface area contributed by atoms with E-state index in [4.69, 9.17) is 40.5 Å². The van der Waals surface area contributed by atoms with E-state index in [-0.39, 0.29) is 11.6 Å². The van der Waals surface area contributed by atoms with Gasteiger partial charge in [-0.1, -0.05) is 132 Å². The van der Waals surface area contributed by atoms with E-state index >= 15 is 0 Å². The molecule has 0 amide bonds. The van der Waals surface area contributed by atoms with Crippen LogP contribution in [-0.4, -0.2) is 9.97 Å². The molecule has 6 aromatic carbocycles. The van der Waals surface area contributed by atoms with Gasteiger partial charge in [-0.3, -0.25) is 0 Å². The van der Waals surface area contributed by atoms with E-state index in [0.29, 0.717) is 54.6 Å². The molecule has 57 heavy (non-hydrogen) atoms. The van der Waals surface area contributed by atoms with Gasteiger partial charge < -0.3 is 11.1 Å². The van der Waals surface area contributed by atoms with Gasteiger partial charge in [-0.25, -0.2) is 18.7 Å². The Labute approximate surface area is 349 Å². The van der Waals surface area contributed by atoms with Crippen LogP contribution in [0.5, 0.6) is 0 Å². The van der Waals surface area contributed by atoms with E-state index < -0.39 is 0 Å². The zero-order chi connectivity index (χ0) is 39.5. The van der Waals surface area contributed by atoms with Gasteiger partial charge in [-0.15, -0.1) is 22.7 Å². The molecule has 4 heterocycles. The summed E-state index contributed by atoms with van der Waals surface area (Å²) in [5.74, 6) is 0.122. The number of hydrogen-bond donors (Lipinski definition) is 2. The molecular weight excluding hydrogens is 817 g/mol. The van der Waals surface area contributed by atoms with Crippen molar-refractivity contribution in [2.24, 2.45) is 0 Å². The zero-order valence-electron chi connectivity index (χ0n) is 29.7. The summed E-state index contributed by atoms with van der Waals surface area (Å²) in [5.41, 5.74) is 9.13. The fraction of sp³-hybridized carbons (Fsp3) is 0. The van der Waals surface area contributed by atoms with Crippen LogP contribution in [0.15, 0.2) is 158 Å². The molecule has 3 N–H and O–H groups in total. The monoisotopic (exact) mass is 844 g/mol. The van der Waals surface area contributed by atoms with E-state index in [2.05, 4.69) is 39.6 Å². The molecule has 0 bridgehead atoms. The number of pyridine rings is 2. The first-order valence-corrected chi connectivity index (χ1v) is 20.3. The van der Waals surface area contributed by atoms with E-state index in [1.807, 2.05) is 54.6 Å². The summed E-state index contributed by atoms with van der Waals surface area (Å²) in [6, 6.07) is 44.4. The Hall–Kier alpha value is -5.61. The molecule has 0 aliphatic heterocycles. The summed E-state index contributed by atoms with van der Waals surface area (Å²) in [5, 5.41) is 9.72. The molecule has 4 aromatic heterocycles. The van der Waals surface area contributed by atoms with Gasteiger partial charge in [0.25, 0.3) is 0 Å². The van der Waals surface area contributed by atoms with Crippen molar-refractivity contribution in [1.82, 2.24) is 9.97 Å². The van der Waals surface area contributed by atoms with Crippen molar-refractivity contribution >= 4 is 115 Å². The average Bonchev–Trinajstić information content (AvgIpc) is 3.81. The van der Waals surface area contributed by atoms with Gasteiger partial charge in [0.1, 0.15) is 22.6 Å². The number of rotatable bonds is 4. The summed E-state index contributed by atoms with van der Waals surface area (Å²) in [6.45, 7) is 0. The number of nitrogens with one attached hydrogen (secondary N) is 1. The number of anilines is 3. The van der Waals surface area contributed by atoms with Crippen molar-refractivity contribution in [3.8, 4) is 22.3 Å². The minimum atomic E-state index is -0.300. The molecule has 11 heteroatoms. The number of para-hydroxylation sites is 2. The Morgan fingerprint density at radius 2 is 0.965 bits per heavy atom. The molecule has 0 saturated heterocycles. The lowest BCUT2D eigenvalue weighted by Gasteiger charge is -2.14. The van der Waals surface area contributed by atoms with Crippen LogP contribution in [0.4, 0.5) is 26.0 Å². The number of fused-ring (bicyclic) bond motifs is 6. The topological polar surface area (TPSA) is 63.8 Å². The molecule has 4 nitrogen and oxygen atoms in total. The van der Waals surface area contributed by atoms with Gasteiger partial charge in [-0.2, -0.15) is 0 Å². The van der Waals surface area contributed by atoms with Crippen molar-refractivity contribution in [1.29, 1.82) is 0 Å². The Bertz CT molecular complexity index is 3060. The maximum absolute atomic E-state index is 14.4. The van der Waals surface area contributed by atoms with Crippen LogP contribution in [-0.2, 0) is 0 Å². The number of hydrogen-bond acceptors (Lipinski definition) is 6. The first kappa shape index (κ1) is 38.3. The molecule has 10 rings (SSSR count). The van der Waals surface area contributed by atoms with Gasteiger partial charge in [0.2, 0.25) is 0 Å². The number of nitrogen functional groups attached to an aromatic ring is 1. The summed E-state index contributed by atoms with van der Waals surface area (Å²) >= 11 is 21.8. The number of thiophene rings is 2. The number of nitrogens with zero attached hydrogens (tertiary/aromatic N) is 2. The van der Waals surface area contributed by atoms with Gasteiger partial charge in [-0.05, 0) is 48.5 Å². The van der Waals surface area contributed by atoms with Crippen LogP contribution >= 0.6 is 57.5 Å². The predicted octanol–water partition coefficient (Wildman–Crippen LogP) is 15.5. The average molecular weight is 846 g/mol. The molecule has 10 aromatic rings. The fourth-order valence-corrected chi connectivity index (χ4v) is 9.38. The second kappa shape index (κ2) is 16.9. The minimum Gasteiger partial charge on any atom is -0.397 e. The van der Waals surface area contributed by atoms with Crippen molar-refractivity contribution in [3.63, 3.8) is 0 Å². The molecule has 0 fully saturated rings. The third-order valence-corrected chi connectivity index (χ3v) is 12.6. The molecule has 0 atom stereocenters. The Morgan fingerprint density at radius 1 is 0.474 bits per heavy atom. The molecule has 0 radical (unpaired) electrons. The van der Waals surface area contributed by atoms with E-state index in [1.54, 1.807) is 89.7 Å². The molecule has 0 aliphatic rings. The normalized spacial score (nSPS) is 11.0. The van der Waals surface area contributed by atoms with Crippen LogP contribution in [0.25, 0.3) is 62.6 Å². The quantitative estimate of drug-likeness (QED) is 0.137. The largest absolute Gasteiger partial charge is 0.397 e. The molecule has 0 unspecified atom stereocenters. The lowest BCUT2D eigenvalue weighted by Crippen LogP contribution is -1.97. The second-order valence-electron chi connectivity index (χ2n) is 12.7. The Balaban J connectivity index is 0.000000132. The summed E-state index contributed by atoms with van der Waals surface area (Å²) in [4.78, 5) is 8.62. The van der Waals surface area contributed by atoms with Crippen molar-refractivity contribution in [3.05, 3.63) is 185 Å². The minimum absolute atomic E-state index is 0.291. The van der Waals surface area contributed by atoms with Crippen molar-refractivity contribution in [2.75, 3.05) is 11.1 Å². The summed E-state index contributed by atoms with van der Waals surface area (Å²) < 4.78 is 32.5. The van der Waals surface area contributed by atoms with E-state index in [9.17, 15) is 8.78 Å². The first-order valence-electron chi connectivity index (χ1n) is 17.6. The van der Waals surface area contributed by atoms with Crippen LogP contribution in [0.3, 0.4) is 0 Å². The Morgan fingerprint density at radius 3 is 1.61 bits per heavy atom. The van der Waals surface area contributed by atoms with E-state index in [0.717, 1.165) is 14.8 Å². The predicted molar refractivity (Wildman–Crippen MR) is 241 cm³/mol. The third kappa shape index (κ3) is 7.88. The SMILES string of the molecule is Clc1nccc2c1sc1ccccc12.Fc1ccccc1-c1cccc(Cl)c1Nc1nccc2c1sc1ccccc12.Nc1c(Cl)cccc1-c1ccccc1F. The van der Waals surface area contributed by atoms with Gasteiger partial charge >= 0.3 is 0 Å². The van der Waals surface area contributed by atoms with Crippen LogP contribution in [0, 0.1) is 11.6 Å². The lowest BCUT2D eigenvalue weighted by molar-refractivity contribution is 0.631. The van der Waals surface area contributed by atoms with Crippen LogP contribution < -0.4 is 11.1 Å². The highest BCUT2D eigenvalue weighted by atomic mass is 35.5. The van der Waals surface area contributed by atoms with Crippen molar-refractivity contribution < 1.29 is 8.78 Å². The number of halogens is 5. The molecule has 0 saturated carbocycles. The standard InChI is InChI=1S/C23H14ClFN2S.C12H9ClFN.C11H6ClNS/c24-18-9-5-8-16(14-6-1-3-10-19(14)25)21(18)27-23-22-17(12-13-26-23)15-7-2-4-11-20(15)28-22;13-10-6-3-5-9(12(10)15)8-4-1-2-7-11(8)14;12-11-10-8(5-6-13-11)7-3-1-2-4-9(7)14-10/h1-13H,(H,26,27);1-7H,15H2;1-6H. The zero-order valence-corrected chi connectivity index (χ0v) is 33.6. The highest BCUT2D eigenvalue weighted by molar-refractivity contribution is 7.26. The van der Waals surface area contributed by atoms with Gasteiger partial charge in [0, 0.05) is 65.6 Å². The number of nitrogens with two attached hydrogens (primary N) is 1. The third-order valence-electron chi connectivity index (χ3n) is 9.18.